The van der Waals surface area contributed by atoms with Crippen LogP contribution >= 0.6 is 0 Å². The van der Waals surface area contributed by atoms with Crippen LogP contribution in [0.25, 0.3) is 5.69 Å². The molecule has 0 aliphatic rings. The molecule has 0 aliphatic carbocycles. The molecule has 0 saturated carbocycles. The van der Waals surface area contributed by atoms with Crippen LogP contribution in [0.5, 0.6) is 0 Å². The molecule has 0 fully saturated rings. The van der Waals surface area contributed by atoms with Gasteiger partial charge >= 0.3 is 5.97 Å². The molecule has 19 heavy (non-hydrogen) atoms. The lowest BCUT2D eigenvalue weighted by Crippen LogP contribution is -2.10. The van der Waals surface area contributed by atoms with Crippen LogP contribution in [0.2, 0.25) is 0 Å². The smallest absolute Gasteiger partial charge is 0.309 e. The Hall–Kier alpha value is -2.10. The van der Waals surface area contributed by atoms with E-state index >= 15 is 0 Å². The van der Waals surface area contributed by atoms with E-state index in [0.717, 1.165) is 28.5 Å². The summed E-state index contributed by atoms with van der Waals surface area (Å²) in [4.78, 5) is 15.4. The first-order chi connectivity index (χ1) is 8.91. The third-order valence-electron chi connectivity index (χ3n) is 3.48. The van der Waals surface area contributed by atoms with Gasteiger partial charge in [-0.15, -0.1) is 0 Å². The molecule has 4 heteroatoms. The van der Waals surface area contributed by atoms with Gasteiger partial charge in [0.15, 0.2) is 0 Å². The van der Waals surface area contributed by atoms with E-state index in [-0.39, 0.29) is 6.42 Å². The van der Waals surface area contributed by atoms with E-state index in [0.29, 0.717) is 0 Å². The molecule has 0 amide bonds. The van der Waals surface area contributed by atoms with Crippen LogP contribution in [0.15, 0.2) is 18.2 Å². The predicted octanol–water partition coefficient (Wildman–Crippen LogP) is 2.73. The Morgan fingerprint density at radius 2 is 1.95 bits per heavy atom. The Kier molecular flexibility index (Phi) is 3.42. The highest BCUT2D eigenvalue weighted by molar-refractivity contribution is 5.70. The highest BCUT2D eigenvalue weighted by atomic mass is 16.4. The fraction of sp³-hybridized carbons (Fsp3) is 0.333. The zero-order valence-corrected chi connectivity index (χ0v) is 11.7. The number of benzene rings is 1. The van der Waals surface area contributed by atoms with Gasteiger partial charge in [0.1, 0.15) is 5.82 Å². The summed E-state index contributed by atoms with van der Waals surface area (Å²) in [6.45, 7) is 7.85. The van der Waals surface area contributed by atoms with E-state index in [4.69, 9.17) is 5.11 Å². The molecule has 0 atom stereocenters. The summed E-state index contributed by atoms with van der Waals surface area (Å²) in [5, 5.41) is 9.05. The summed E-state index contributed by atoms with van der Waals surface area (Å²) < 4.78 is 1.95. The standard InChI is InChI=1S/C15H18N2O2/c1-9-6-5-7-13(10(9)2)17-12(4)16-11(3)14(17)8-15(18)19/h5-7H,8H2,1-4H3,(H,18,19). The van der Waals surface area contributed by atoms with E-state index in [2.05, 4.69) is 18.0 Å². The van der Waals surface area contributed by atoms with Crippen molar-refractivity contribution in [3.63, 3.8) is 0 Å². The number of imidazole rings is 1. The molecule has 2 rings (SSSR count). The minimum absolute atomic E-state index is 0.0138. The van der Waals surface area contributed by atoms with Crippen molar-refractivity contribution >= 4 is 5.97 Å². The van der Waals surface area contributed by atoms with Gasteiger partial charge in [0.2, 0.25) is 0 Å². The average Bonchev–Trinajstić information content (AvgIpc) is 2.58. The number of hydrogen-bond acceptors (Lipinski definition) is 2. The lowest BCUT2D eigenvalue weighted by Gasteiger charge is -2.14. The van der Waals surface area contributed by atoms with Gasteiger partial charge in [0.05, 0.1) is 23.5 Å². The van der Waals surface area contributed by atoms with Crippen molar-refractivity contribution in [2.24, 2.45) is 0 Å². The Bertz CT molecular complexity index is 642. The fourth-order valence-corrected chi connectivity index (χ4v) is 2.36. The van der Waals surface area contributed by atoms with Gasteiger partial charge in [-0.1, -0.05) is 12.1 Å². The van der Waals surface area contributed by atoms with Gasteiger partial charge in [0.25, 0.3) is 0 Å². The largest absolute Gasteiger partial charge is 0.481 e. The second-order valence-corrected chi connectivity index (χ2v) is 4.82. The summed E-state index contributed by atoms with van der Waals surface area (Å²) >= 11 is 0. The maximum atomic E-state index is 11.0. The number of rotatable bonds is 3. The Labute approximate surface area is 112 Å². The highest BCUT2D eigenvalue weighted by Crippen LogP contribution is 2.23. The van der Waals surface area contributed by atoms with Crippen molar-refractivity contribution in [3.8, 4) is 5.69 Å². The van der Waals surface area contributed by atoms with Crippen molar-refractivity contribution in [1.29, 1.82) is 0 Å². The Morgan fingerprint density at radius 1 is 1.26 bits per heavy atom. The molecule has 1 heterocycles. The van der Waals surface area contributed by atoms with Crippen LogP contribution in [0.3, 0.4) is 0 Å². The highest BCUT2D eigenvalue weighted by Gasteiger charge is 2.17. The maximum absolute atomic E-state index is 11.0. The first-order valence-corrected chi connectivity index (χ1v) is 6.25. The second kappa shape index (κ2) is 4.88. The van der Waals surface area contributed by atoms with E-state index in [1.54, 1.807) is 0 Å². The SMILES string of the molecule is Cc1cccc(-n2c(C)nc(C)c2CC(=O)O)c1C. The molecular weight excluding hydrogens is 240 g/mol. The van der Waals surface area contributed by atoms with E-state index < -0.39 is 5.97 Å². The van der Waals surface area contributed by atoms with Gasteiger partial charge < -0.3 is 5.11 Å². The van der Waals surface area contributed by atoms with E-state index in [1.165, 1.54) is 5.56 Å². The predicted molar refractivity (Wildman–Crippen MR) is 73.9 cm³/mol. The summed E-state index contributed by atoms with van der Waals surface area (Å²) in [5.74, 6) is -0.0167. The molecule has 4 nitrogen and oxygen atoms in total. The Balaban J connectivity index is 2.67. The average molecular weight is 258 g/mol. The molecule has 1 N–H and O–H groups in total. The van der Waals surface area contributed by atoms with E-state index in [1.807, 2.05) is 37.5 Å². The maximum Gasteiger partial charge on any atom is 0.309 e. The molecule has 0 unspecified atom stereocenters. The molecule has 100 valence electrons. The van der Waals surface area contributed by atoms with Crippen LogP contribution in [0.4, 0.5) is 0 Å². The number of hydrogen-bond donors (Lipinski definition) is 1. The number of aromatic nitrogens is 2. The molecule has 1 aromatic heterocycles. The number of carbonyl (C=O) groups is 1. The number of aryl methyl sites for hydroxylation is 3. The Morgan fingerprint density at radius 3 is 2.58 bits per heavy atom. The quantitative estimate of drug-likeness (QED) is 0.921. The third kappa shape index (κ3) is 2.38. The second-order valence-electron chi connectivity index (χ2n) is 4.82. The first-order valence-electron chi connectivity index (χ1n) is 6.25. The van der Waals surface area contributed by atoms with Gasteiger partial charge in [0, 0.05) is 0 Å². The third-order valence-corrected chi connectivity index (χ3v) is 3.48. The lowest BCUT2D eigenvalue weighted by atomic mass is 10.1. The number of aliphatic carboxylic acids is 1. The summed E-state index contributed by atoms with van der Waals surface area (Å²) in [7, 11) is 0. The topological polar surface area (TPSA) is 55.1 Å². The zero-order chi connectivity index (χ0) is 14.2. The minimum Gasteiger partial charge on any atom is -0.481 e. The summed E-state index contributed by atoms with van der Waals surface area (Å²) in [6.07, 6.45) is -0.0138. The zero-order valence-electron chi connectivity index (χ0n) is 11.7. The van der Waals surface area contributed by atoms with Crippen molar-refractivity contribution in [2.75, 3.05) is 0 Å². The van der Waals surface area contributed by atoms with Crippen LogP contribution in [-0.2, 0) is 11.2 Å². The van der Waals surface area contributed by atoms with Gasteiger partial charge in [-0.2, -0.15) is 0 Å². The van der Waals surface area contributed by atoms with Crippen molar-refractivity contribution in [3.05, 3.63) is 46.5 Å². The van der Waals surface area contributed by atoms with Gasteiger partial charge in [-0.25, -0.2) is 4.98 Å². The molecule has 0 bridgehead atoms. The van der Waals surface area contributed by atoms with Crippen LogP contribution in [0.1, 0.15) is 28.3 Å². The molecule has 0 aliphatic heterocycles. The molecule has 0 radical (unpaired) electrons. The van der Waals surface area contributed by atoms with Crippen LogP contribution < -0.4 is 0 Å². The monoisotopic (exact) mass is 258 g/mol. The van der Waals surface area contributed by atoms with Crippen molar-refractivity contribution in [2.45, 2.75) is 34.1 Å². The lowest BCUT2D eigenvalue weighted by molar-refractivity contribution is -0.136. The van der Waals surface area contributed by atoms with Crippen LogP contribution in [-0.4, -0.2) is 20.6 Å². The van der Waals surface area contributed by atoms with Crippen molar-refractivity contribution < 1.29 is 9.90 Å². The normalized spacial score (nSPS) is 10.7. The van der Waals surface area contributed by atoms with Crippen molar-refractivity contribution in [1.82, 2.24) is 9.55 Å². The van der Waals surface area contributed by atoms with Gasteiger partial charge in [-0.3, -0.25) is 9.36 Å². The minimum atomic E-state index is -0.838. The molecule has 1 aromatic carbocycles. The molecule has 0 saturated heterocycles. The summed E-state index contributed by atoms with van der Waals surface area (Å²) in [5.41, 5.74) is 4.87. The number of carboxylic acids is 1. The fourth-order valence-electron chi connectivity index (χ4n) is 2.36. The van der Waals surface area contributed by atoms with Crippen LogP contribution in [0, 0.1) is 27.7 Å². The first kappa shape index (κ1) is 13.3. The number of nitrogens with zero attached hydrogens (tertiary/aromatic N) is 2. The summed E-state index contributed by atoms with van der Waals surface area (Å²) in [6, 6.07) is 6.04. The molecular formula is C15H18N2O2. The molecule has 0 spiro atoms. The van der Waals surface area contributed by atoms with Gasteiger partial charge in [-0.05, 0) is 44.9 Å². The number of carboxylic acid groups (broad SMARTS) is 1. The van der Waals surface area contributed by atoms with E-state index in [9.17, 15) is 4.79 Å². The molecule has 2 aromatic rings.